The zero-order chi connectivity index (χ0) is 19.7. The first kappa shape index (κ1) is 24.8. The summed E-state index contributed by atoms with van der Waals surface area (Å²) in [6.45, 7) is 3.46. The van der Waals surface area contributed by atoms with Crippen molar-refractivity contribution < 1.29 is 9.53 Å². The lowest BCUT2D eigenvalue weighted by Gasteiger charge is -2.35. The molecule has 0 spiro atoms. The van der Waals surface area contributed by atoms with E-state index in [2.05, 4.69) is 37.7 Å². The number of rotatable bonds is 19. The van der Waals surface area contributed by atoms with Crippen molar-refractivity contribution in [1.29, 1.82) is 0 Å². The molecular weight excluding hydrogens is 354 g/mol. The highest BCUT2D eigenvalue weighted by molar-refractivity contribution is 7.99. The first-order chi connectivity index (χ1) is 13.1. The Morgan fingerprint density at radius 1 is 0.815 bits per heavy atom. The topological polar surface area (TPSA) is 29.5 Å². The lowest BCUT2D eigenvalue weighted by atomic mass is 9.87. The van der Waals surface area contributed by atoms with E-state index in [1.54, 1.807) is 0 Å². The predicted octanol–water partition coefficient (Wildman–Crippen LogP) is 6.30. The molecule has 1 saturated heterocycles. The van der Waals surface area contributed by atoms with Gasteiger partial charge in [-0.3, -0.25) is 4.79 Å². The molecule has 3 nitrogen and oxygen atoms in total. The molecular formula is C23H45NO2S. The number of ether oxygens (including phenoxy) is 1. The molecule has 27 heavy (non-hydrogen) atoms. The molecule has 4 heteroatoms. The van der Waals surface area contributed by atoms with Gasteiger partial charge in [-0.1, -0.05) is 64.7 Å². The van der Waals surface area contributed by atoms with E-state index in [1.807, 2.05) is 0 Å². The molecule has 0 N–H and O–H groups in total. The smallest absolute Gasteiger partial charge is 0.313 e. The minimum Gasteiger partial charge on any atom is -0.461 e. The third kappa shape index (κ3) is 12.8. The zero-order valence-electron chi connectivity index (χ0n) is 18.3. The van der Waals surface area contributed by atoms with Gasteiger partial charge in [-0.05, 0) is 64.2 Å². The largest absolute Gasteiger partial charge is 0.461 e. The Balaban J connectivity index is 1.90. The zero-order valence-corrected chi connectivity index (χ0v) is 19.2. The van der Waals surface area contributed by atoms with Crippen molar-refractivity contribution >= 4 is 17.7 Å². The van der Waals surface area contributed by atoms with Gasteiger partial charge in [0.05, 0.1) is 5.92 Å². The van der Waals surface area contributed by atoms with Gasteiger partial charge in [0.1, 0.15) is 6.10 Å². The van der Waals surface area contributed by atoms with E-state index in [0.29, 0.717) is 0 Å². The highest BCUT2D eigenvalue weighted by Gasteiger charge is 2.40. The van der Waals surface area contributed by atoms with Crippen molar-refractivity contribution in [3.63, 3.8) is 0 Å². The van der Waals surface area contributed by atoms with Crippen LogP contribution in [-0.4, -0.2) is 49.1 Å². The van der Waals surface area contributed by atoms with E-state index in [9.17, 15) is 4.79 Å². The molecule has 0 aliphatic carbocycles. The number of esters is 1. The van der Waals surface area contributed by atoms with Gasteiger partial charge in [0.25, 0.3) is 0 Å². The van der Waals surface area contributed by atoms with Gasteiger partial charge in [0.15, 0.2) is 0 Å². The van der Waals surface area contributed by atoms with Crippen LogP contribution in [-0.2, 0) is 9.53 Å². The normalized spacial score (nSPS) is 19.3. The van der Waals surface area contributed by atoms with Crippen LogP contribution in [0.15, 0.2) is 0 Å². The average Bonchev–Trinajstić information content (AvgIpc) is 2.64. The summed E-state index contributed by atoms with van der Waals surface area (Å²) in [7, 11) is 4.28. The number of thioether (sulfide) groups is 1. The van der Waals surface area contributed by atoms with Crippen molar-refractivity contribution in [3.05, 3.63) is 0 Å². The summed E-state index contributed by atoms with van der Waals surface area (Å²) in [6, 6.07) is 0. The minimum atomic E-state index is 0.0689. The lowest BCUT2D eigenvalue weighted by Crippen LogP contribution is -2.44. The molecule has 160 valence electrons. The molecule has 0 aromatic carbocycles. The van der Waals surface area contributed by atoms with E-state index in [4.69, 9.17) is 4.74 Å². The van der Waals surface area contributed by atoms with Gasteiger partial charge >= 0.3 is 5.97 Å². The fourth-order valence-corrected chi connectivity index (χ4v) is 4.72. The van der Waals surface area contributed by atoms with Gasteiger partial charge < -0.3 is 9.64 Å². The third-order valence-corrected chi connectivity index (χ3v) is 6.71. The molecule has 0 bridgehead atoms. The fraction of sp³-hybridized carbons (Fsp3) is 0.957. The number of nitrogens with zero attached hydrogens (tertiary/aromatic N) is 1. The summed E-state index contributed by atoms with van der Waals surface area (Å²) in [5.41, 5.74) is 0. The molecule has 1 rings (SSSR count). The van der Waals surface area contributed by atoms with Crippen molar-refractivity contribution in [3.8, 4) is 0 Å². The van der Waals surface area contributed by atoms with Crippen LogP contribution in [0, 0.1) is 5.92 Å². The number of hydrogen-bond donors (Lipinski definition) is 0. The van der Waals surface area contributed by atoms with Gasteiger partial charge in [-0.2, -0.15) is 11.8 Å². The van der Waals surface area contributed by atoms with E-state index < -0.39 is 0 Å². The van der Waals surface area contributed by atoms with Crippen molar-refractivity contribution in [1.82, 2.24) is 4.90 Å². The molecule has 0 unspecified atom stereocenters. The lowest BCUT2D eigenvalue weighted by molar-refractivity contribution is -0.186. The molecule has 1 aliphatic heterocycles. The van der Waals surface area contributed by atoms with Gasteiger partial charge in [0.2, 0.25) is 0 Å². The molecule has 1 heterocycles. The Morgan fingerprint density at radius 3 is 2.07 bits per heavy atom. The second-order valence-electron chi connectivity index (χ2n) is 8.46. The monoisotopic (exact) mass is 399 g/mol. The molecule has 0 aromatic rings. The molecule has 2 atom stereocenters. The van der Waals surface area contributed by atoms with Gasteiger partial charge in [-0.15, -0.1) is 0 Å². The standard InChI is InChI=1S/C23H45NO2S/c1-4-5-6-7-8-9-10-12-16-21-22(26-23(21)25)17-13-11-14-19-27-20-15-18-24(2)3/h21-22H,4-20H2,1-3H3/t21-,22-/m1/s1. The Hall–Kier alpha value is -0.220. The second kappa shape index (κ2) is 16.7. The van der Waals surface area contributed by atoms with Crippen LogP contribution in [0.5, 0.6) is 0 Å². The highest BCUT2D eigenvalue weighted by Crippen LogP contribution is 2.31. The van der Waals surface area contributed by atoms with Crippen molar-refractivity contribution in [2.45, 2.75) is 103 Å². The SMILES string of the molecule is CCCCCCCCCC[C@H]1C(=O)O[C@@H]1CCCCCSCCCN(C)C. The quantitative estimate of drug-likeness (QED) is 0.188. The van der Waals surface area contributed by atoms with Crippen LogP contribution < -0.4 is 0 Å². The Labute approximate surface area is 173 Å². The Morgan fingerprint density at radius 2 is 1.41 bits per heavy atom. The highest BCUT2D eigenvalue weighted by atomic mass is 32.2. The second-order valence-corrected chi connectivity index (χ2v) is 9.69. The maximum atomic E-state index is 11.7. The number of carbonyl (C=O) groups is 1. The molecule has 0 amide bonds. The van der Waals surface area contributed by atoms with Crippen LogP contribution >= 0.6 is 11.8 Å². The molecule has 1 fully saturated rings. The summed E-state index contributed by atoms with van der Waals surface area (Å²) in [5, 5.41) is 0. The maximum Gasteiger partial charge on any atom is 0.313 e. The maximum absolute atomic E-state index is 11.7. The van der Waals surface area contributed by atoms with Crippen LogP contribution in [0.25, 0.3) is 0 Å². The van der Waals surface area contributed by atoms with Crippen molar-refractivity contribution in [2.75, 3.05) is 32.1 Å². The Bertz CT molecular complexity index is 362. The van der Waals surface area contributed by atoms with Crippen LogP contribution in [0.3, 0.4) is 0 Å². The number of hydrogen-bond acceptors (Lipinski definition) is 4. The Kier molecular flexibility index (Phi) is 15.4. The minimum absolute atomic E-state index is 0.0689. The molecule has 1 aliphatic rings. The fourth-order valence-electron chi connectivity index (χ4n) is 3.77. The number of cyclic esters (lactones) is 1. The summed E-state index contributed by atoms with van der Waals surface area (Å²) in [4.78, 5) is 14.0. The first-order valence-corrected chi connectivity index (χ1v) is 12.7. The van der Waals surface area contributed by atoms with E-state index in [1.165, 1.54) is 95.1 Å². The summed E-state index contributed by atoms with van der Waals surface area (Å²) in [6.07, 6.45) is 18.1. The van der Waals surface area contributed by atoms with Crippen LogP contribution in [0.1, 0.15) is 96.8 Å². The van der Waals surface area contributed by atoms with Gasteiger partial charge in [0, 0.05) is 0 Å². The predicted molar refractivity (Wildman–Crippen MR) is 120 cm³/mol. The average molecular weight is 400 g/mol. The van der Waals surface area contributed by atoms with Crippen LogP contribution in [0.2, 0.25) is 0 Å². The van der Waals surface area contributed by atoms with E-state index in [0.717, 1.165) is 12.8 Å². The van der Waals surface area contributed by atoms with E-state index in [-0.39, 0.29) is 18.0 Å². The molecule has 0 saturated carbocycles. The molecule has 0 radical (unpaired) electrons. The summed E-state index contributed by atoms with van der Waals surface area (Å²) < 4.78 is 5.41. The summed E-state index contributed by atoms with van der Waals surface area (Å²) >= 11 is 2.08. The number of carbonyl (C=O) groups excluding carboxylic acids is 1. The van der Waals surface area contributed by atoms with Crippen molar-refractivity contribution in [2.24, 2.45) is 5.92 Å². The van der Waals surface area contributed by atoms with E-state index >= 15 is 0 Å². The summed E-state index contributed by atoms with van der Waals surface area (Å²) in [5.74, 6) is 2.84. The first-order valence-electron chi connectivity index (χ1n) is 11.6. The third-order valence-electron chi connectivity index (χ3n) is 5.56. The van der Waals surface area contributed by atoms with Crippen LogP contribution in [0.4, 0.5) is 0 Å². The number of unbranched alkanes of at least 4 members (excludes halogenated alkanes) is 9. The molecule has 0 aromatic heterocycles. The van der Waals surface area contributed by atoms with Gasteiger partial charge in [-0.25, -0.2) is 0 Å².